The predicted molar refractivity (Wildman–Crippen MR) is 61.3 cm³/mol. The molecule has 1 fully saturated rings. The van der Waals surface area contributed by atoms with E-state index in [4.69, 9.17) is 0 Å². The lowest BCUT2D eigenvalue weighted by molar-refractivity contribution is -0.141. The molecule has 1 aromatic heterocycles. The number of rotatable bonds is 4. The van der Waals surface area contributed by atoms with Crippen LogP contribution in [0.2, 0.25) is 0 Å². The first-order valence-corrected chi connectivity index (χ1v) is 5.83. The Bertz CT molecular complexity index is 473. The summed E-state index contributed by atoms with van der Waals surface area (Å²) in [4.78, 5) is 18.6. The Morgan fingerprint density at radius 2 is 2.16 bits per heavy atom. The van der Waals surface area contributed by atoms with Gasteiger partial charge in [0.25, 0.3) is 0 Å². The second kappa shape index (κ2) is 5.02. The quantitative estimate of drug-likeness (QED) is 0.874. The Morgan fingerprint density at radius 3 is 2.74 bits per heavy atom. The molecule has 0 radical (unpaired) electrons. The number of aromatic nitrogens is 2. The molecule has 2 rings (SSSR count). The van der Waals surface area contributed by atoms with E-state index < -0.39 is 17.9 Å². The molecule has 0 spiro atoms. The van der Waals surface area contributed by atoms with Crippen LogP contribution in [0.25, 0.3) is 0 Å². The monoisotopic (exact) mass is 274 g/mol. The van der Waals surface area contributed by atoms with E-state index in [1.54, 1.807) is 6.92 Å². The van der Waals surface area contributed by atoms with E-state index in [0.29, 0.717) is 0 Å². The first-order valence-electron chi connectivity index (χ1n) is 5.83. The molecule has 1 aromatic rings. The summed E-state index contributed by atoms with van der Waals surface area (Å²) < 4.78 is 37.3. The van der Waals surface area contributed by atoms with E-state index in [9.17, 15) is 18.0 Å². The second-order valence-corrected chi connectivity index (χ2v) is 4.41. The standard InChI is InChI=1S/C11H13F3N4O/c1-6(9(19)17-7-2-3-7)16-10-15-5-4-8(18-10)11(12,13)14/h4-7H,2-3H2,1H3,(H,17,19)(H,15,16,18). The van der Waals surface area contributed by atoms with Gasteiger partial charge in [-0.2, -0.15) is 13.2 Å². The number of halogens is 3. The van der Waals surface area contributed by atoms with E-state index in [-0.39, 0.29) is 17.9 Å². The summed E-state index contributed by atoms with van der Waals surface area (Å²) in [6.45, 7) is 1.54. The highest BCUT2D eigenvalue weighted by Crippen LogP contribution is 2.27. The highest BCUT2D eigenvalue weighted by molar-refractivity contribution is 5.84. The minimum absolute atomic E-state index is 0.194. The van der Waals surface area contributed by atoms with Crippen LogP contribution in [0.4, 0.5) is 19.1 Å². The van der Waals surface area contributed by atoms with Gasteiger partial charge in [-0.25, -0.2) is 9.97 Å². The van der Waals surface area contributed by atoms with Crippen LogP contribution in [0.5, 0.6) is 0 Å². The fourth-order valence-electron chi connectivity index (χ4n) is 1.40. The molecule has 1 atom stereocenters. The normalized spacial score (nSPS) is 16.8. The zero-order chi connectivity index (χ0) is 14.0. The lowest BCUT2D eigenvalue weighted by Crippen LogP contribution is -2.39. The van der Waals surface area contributed by atoms with Gasteiger partial charge in [0, 0.05) is 12.2 Å². The van der Waals surface area contributed by atoms with E-state index in [2.05, 4.69) is 20.6 Å². The number of carbonyl (C=O) groups is 1. The van der Waals surface area contributed by atoms with Crippen molar-refractivity contribution < 1.29 is 18.0 Å². The number of hydrogen-bond acceptors (Lipinski definition) is 4. The molecular weight excluding hydrogens is 261 g/mol. The number of hydrogen-bond donors (Lipinski definition) is 2. The van der Waals surface area contributed by atoms with E-state index in [1.807, 2.05) is 0 Å². The summed E-state index contributed by atoms with van der Waals surface area (Å²) >= 11 is 0. The number of anilines is 1. The minimum Gasteiger partial charge on any atom is -0.352 e. The molecule has 0 aliphatic heterocycles. The Kier molecular flexibility index (Phi) is 3.59. The molecule has 1 aliphatic rings. The van der Waals surface area contributed by atoms with Crippen molar-refractivity contribution in [1.82, 2.24) is 15.3 Å². The van der Waals surface area contributed by atoms with Crippen LogP contribution >= 0.6 is 0 Å². The average molecular weight is 274 g/mol. The summed E-state index contributed by atoms with van der Waals surface area (Å²) in [6.07, 6.45) is -1.64. The van der Waals surface area contributed by atoms with Gasteiger partial charge in [0.1, 0.15) is 11.7 Å². The first kappa shape index (κ1) is 13.6. The van der Waals surface area contributed by atoms with Crippen LogP contribution in [0, 0.1) is 0 Å². The molecule has 1 aliphatic carbocycles. The third kappa shape index (κ3) is 3.80. The Hall–Kier alpha value is -1.86. The summed E-state index contributed by atoms with van der Waals surface area (Å²) in [5.41, 5.74) is -1.04. The Balaban J connectivity index is 1.99. The van der Waals surface area contributed by atoms with Crippen molar-refractivity contribution >= 4 is 11.9 Å². The van der Waals surface area contributed by atoms with Crippen molar-refractivity contribution in [3.05, 3.63) is 18.0 Å². The maximum absolute atomic E-state index is 12.4. The summed E-state index contributed by atoms with van der Waals surface area (Å²) in [5, 5.41) is 5.29. The lowest BCUT2D eigenvalue weighted by atomic mass is 10.3. The molecule has 1 saturated carbocycles. The topological polar surface area (TPSA) is 66.9 Å². The van der Waals surface area contributed by atoms with Crippen LogP contribution in [0.1, 0.15) is 25.5 Å². The molecule has 1 unspecified atom stereocenters. The van der Waals surface area contributed by atoms with Crippen molar-refractivity contribution in [2.75, 3.05) is 5.32 Å². The zero-order valence-corrected chi connectivity index (χ0v) is 10.2. The third-order valence-electron chi connectivity index (χ3n) is 2.61. The van der Waals surface area contributed by atoms with Crippen LogP contribution in [-0.2, 0) is 11.0 Å². The second-order valence-electron chi connectivity index (χ2n) is 4.41. The number of nitrogens with zero attached hydrogens (tertiary/aromatic N) is 2. The first-order chi connectivity index (χ1) is 8.86. The van der Waals surface area contributed by atoms with Crippen molar-refractivity contribution in [2.45, 2.75) is 38.0 Å². The van der Waals surface area contributed by atoms with Gasteiger partial charge < -0.3 is 10.6 Å². The molecule has 0 bridgehead atoms. The van der Waals surface area contributed by atoms with Crippen molar-refractivity contribution in [1.29, 1.82) is 0 Å². The van der Waals surface area contributed by atoms with Crippen molar-refractivity contribution in [3.8, 4) is 0 Å². The van der Waals surface area contributed by atoms with E-state index in [0.717, 1.165) is 25.1 Å². The van der Waals surface area contributed by atoms with Crippen LogP contribution in [0.15, 0.2) is 12.3 Å². The summed E-state index contributed by atoms with van der Waals surface area (Å²) in [7, 11) is 0. The summed E-state index contributed by atoms with van der Waals surface area (Å²) in [5.74, 6) is -0.489. The molecule has 8 heteroatoms. The van der Waals surface area contributed by atoms with Gasteiger partial charge in [-0.05, 0) is 25.8 Å². The zero-order valence-electron chi connectivity index (χ0n) is 10.2. The SMILES string of the molecule is CC(Nc1nccc(C(F)(F)F)n1)C(=O)NC1CC1. The maximum Gasteiger partial charge on any atom is 0.433 e. The lowest BCUT2D eigenvalue weighted by Gasteiger charge is -2.14. The Labute approximate surface area is 107 Å². The minimum atomic E-state index is -4.53. The van der Waals surface area contributed by atoms with Gasteiger partial charge in [-0.1, -0.05) is 0 Å². The largest absolute Gasteiger partial charge is 0.433 e. The summed E-state index contributed by atoms with van der Waals surface area (Å²) in [6, 6.07) is 0.281. The van der Waals surface area contributed by atoms with E-state index in [1.165, 1.54) is 0 Å². The van der Waals surface area contributed by atoms with Crippen LogP contribution in [-0.4, -0.2) is 28.0 Å². The van der Waals surface area contributed by atoms with Gasteiger partial charge in [0.05, 0.1) is 0 Å². The molecule has 19 heavy (non-hydrogen) atoms. The average Bonchev–Trinajstić information content (AvgIpc) is 3.12. The molecule has 0 saturated heterocycles. The predicted octanol–water partition coefficient (Wildman–Crippen LogP) is 1.57. The molecule has 1 heterocycles. The fourth-order valence-corrected chi connectivity index (χ4v) is 1.40. The third-order valence-corrected chi connectivity index (χ3v) is 2.61. The highest BCUT2D eigenvalue weighted by atomic mass is 19.4. The Morgan fingerprint density at radius 1 is 1.47 bits per heavy atom. The molecule has 0 aromatic carbocycles. The number of alkyl halides is 3. The molecule has 104 valence electrons. The molecule has 2 N–H and O–H groups in total. The molecule has 1 amide bonds. The number of amides is 1. The van der Waals surface area contributed by atoms with Gasteiger partial charge in [-0.15, -0.1) is 0 Å². The van der Waals surface area contributed by atoms with Crippen molar-refractivity contribution in [3.63, 3.8) is 0 Å². The van der Waals surface area contributed by atoms with Crippen molar-refractivity contribution in [2.24, 2.45) is 0 Å². The molecular formula is C11H13F3N4O. The maximum atomic E-state index is 12.4. The molecule has 5 nitrogen and oxygen atoms in total. The van der Waals surface area contributed by atoms with Gasteiger partial charge in [-0.3, -0.25) is 4.79 Å². The van der Waals surface area contributed by atoms with Crippen LogP contribution < -0.4 is 10.6 Å². The van der Waals surface area contributed by atoms with Gasteiger partial charge in [0.15, 0.2) is 0 Å². The highest BCUT2D eigenvalue weighted by Gasteiger charge is 2.33. The number of carbonyl (C=O) groups excluding carboxylic acids is 1. The number of nitrogens with one attached hydrogen (secondary N) is 2. The fraction of sp³-hybridized carbons (Fsp3) is 0.545. The van der Waals surface area contributed by atoms with Gasteiger partial charge >= 0.3 is 6.18 Å². The van der Waals surface area contributed by atoms with Gasteiger partial charge in [0.2, 0.25) is 11.9 Å². The smallest absolute Gasteiger partial charge is 0.352 e. The van der Waals surface area contributed by atoms with Crippen LogP contribution in [0.3, 0.4) is 0 Å². The van der Waals surface area contributed by atoms with E-state index >= 15 is 0 Å².